The molecule has 1 fully saturated rings. The van der Waals surface area contributed by atoms with Gasteiger partial charge in [-0.2, -0.15) is 0 Å². The van der Waals surface area contributed by atoms with Crippen molar-refractivity contribution >= 4 is 11.6 Å². The number of aliphatic hydroxyl groups is 1. The van der Waals surface area contributed by atoms with Crippen molar-refractivity contribution in [1.82, 2.24) is 0 Å². The quantitative estimate of drug-likeness (QED) is 0.809. The second kappa shape index (κ2) is 3.68. The first kappa shape index (κ1) is 11.0. The van der Waals surface area contributed by atoms with Crippen LogP contribution in [0.25, 0.3) is 0 Å². The van der Waals surface area contributed by atoms with E-state index in [0.717, 1.165) is 6.42 Å². The molecule has 0 aromatic heterocycles. The molecule has 1 aliphatic heterocycles. The summed E-state index contributed by atoms with van der Waals surface area (Å²) in [6.07, 6.45) is 1.98. The first-order valence-corrected chi connectivity index (χ1v) is 6.03. The summed E-state index contributed by atoms with van der Waals surface area (Å²) in [7, 11) is 0. The summed E-state index contributed by atoms with van der Waals surface area (Å²) in [5, 5.41) is 20.4. The Labute approximate surface area is 104 Å². The van der Waals surface area contributed by atoms with Gasteiger partial charge in [0.2, 0.25) is 0 Å². The molecule has 0 radical (unpaired) electrons. The van der Waals surface area contributed by atoms with Gasteiger partial charge in [0, 0.05) is 12.5 Å². The van der Waals surface area contributed by atoms with Gasteiger partial charge in [-0.05, 0) is 12.8 Å². The van der Waals surface area contributed by atoms with Crippen molar-refractivity contribution in [3.05, 3.63) is 16.7 Å². The van der Waals surface area contributed by atoms with Crippen molar-refractivity contribution in [1.29, 1.82) is 0 Å². The predicted octanol–water partition coefficient (Wildman–Crippen LogP) is 2.19. The minimum Gasteiger partial charge on any atom is -0.506 e. The van der Waals surface area contributed by atoms with Crippen molar-refractivity contribution in [2.24, 2.45) is 0 Å². The molecule has 0 atom stereocenters. The van der Waals surface area contributed by atoms with Gasteiger partial charge >= 0.3 is 0 Å². The molecule has 0 spiro atoms. The van der Waals surface area contributed by atoms with E-state index >= 15 is 0 Å². The van der Waals surface area contributed by atoms with E-state index < -0.39 is 5.60 Å². The van der Waals surface area contributed by atoms with Gasteiger partial charge in [-0.25, -0.2) is 0 Å². The zero-order chi connectivity index (χ0) is 12.0. The van der Waals surface area contributed by atoms with E-state index in [4.69, 9.17) is 21.1 Å². The second-order valence-corrected chi connectivity index (χ2v) is 4.90. The van der Waals surface area contributed by atoms with Crippen molar-refractivity contribution in [3.8, 4) is 17.2 Å². The molecular weight excluding hydrogens is 244 g/mol. The van der Waals surface area contributed by atoms with Crippen LogP contribution in [-0.4, -0.2) is 23.4 Å². The number of fused-ring (bicyclic) bond motifs is 1. The molecule has 0 unspecified atom stereocenters. The molecule has 1 saturated carbocycles. The van der Waals surface area contributed by atoms with Crippen LogP contribution in [0.2, 0.25) is 5.02 Å². The van der Waals surface area contributed by atoms with E-state index in [0.29, 0.717) is 43.1 Å². The number of phenols is 1. The molecule has 17 heavy (non-hydrogen) atoms. The standard InChI is InChI=1S/C12H13ClO4/c13-7-6-8-11(17-5-1-4-16-8)9(10(7)14)12(15)2-3-12/h6,14-15H,1-5H2. The molecule has 4 nitrogen and oxygen atoms in total. The third-order valence-electron chi connectivity index (χ3n) is 3.15. The Hall–Kier alpha value is -1.13. The maximum Gasteiger partial charge on any atom is 0.171 e. The van der Waals surface area contributed by atoms with Crippen LogP contribution in [0.5, 0.6) is 17.2 Å². The third-order valence-corrected chi connectivity index (χ3v) is 3.44. The second-order valence-electron chi connectivity index (χ2n) is 4.49. The van der Waals surface area contributed by atoms with Gasteiger partial charge in [0.05, 0.1) is 29.4 Å². The molecule has 1 aromatic rings. The Morgan fingerprint density at radius 3 is 2.65 bits per heavy atom. The van der Waals surface area contributed by atoms with E-state index in [1.807, 2.05) is 0 Å². The van der Waals surface area contributed by atoms with Crippen LogP contribution in [0.3, 0.4) is 0 Å². The highest BCUT2D eigenvalue weighted by Crippen LogP contribution is 2.56. The molecule has 1 aromatic carbocycles. The van der Waals surface area contributed by atoms with Crippen LogP contribution in [0.4, 0.5) is 0 Å². The molecule has 2 aliphatic rings. The van der Waals surface area contributed by atoms with Crippen molar-refractivity contribution in [2.75, 3.05) is 13.2 Å². The largest absolute Gasteiger partial charge is 0.506 e. The molecule has 0 bridgehead atoms. The van der Waals surface area contributed by atoms with E-state index in [9.17, 15) is 10.2 Å². The van der Waals surface area contributed by atoms with Gasteiger partial charge in [0.15, 0.2) is 11.5 Å². The van der Waals surface area contributed by atoms with Gasteiger partial charge in [0.25, 0.3) is 0 Å². The lowest BCUT2D eigenvalue weighted by molar-refractivity contribution is 0.142. The molecule has 1 heterocycles. The minimum absolute atomic E-state index is 0.101. The summed E-state index contributed by atoms with van der Waals surface area (Å²) in [5.74, 6) is 0.834. The number of hydrogen-bond acceptors (Lipinski definition) is 4. The molecule has 2 N–H and O–H groups in total. The van der Waals surface area contributed by atoms with Crippen LogP contribution >= 0.6 is 11.6 Å². The van der Waals surface area contributed by atoms with Gasteiger partial charge in [-0.15, -0.1) is 0 Å². The van der Waals surface area contributed by atoms with Crippen LogP contribution in [0, 0.1) is 0 Å². The highest BCUT2D eigenvalue weighted by molar-refractivity contribution is 6.32. The first-order chi connectivity index (χ1) is 8.12. The highest BCUT2D eigenvalue weighted by atomic mass is 35.5. The molecule has 3 rings (SSSR count). The minimum atomic E-state index is -1.01. The fraction of sp³-hybridized carbons (Fsp3) is 0.500. The summed E-state index contributed by atoms with van der Waals surface area (Å²) >= 11 is 5.94. The molecular formula is C12H13ClO4. The smallest absolute Gasteiger partial charge is 0.171 e. The third kappa shape index (κ3) is 1.72. The topological polar surface area (TPSA) is 58.9 Å². The molecule has 92 valence electrons. The molecule has 0 amide bonds. The number of halogens is 1. The molecule has 5 heteroatoms. The van der Waals surface area contributed by atoms with Crippen LogP contribution in [0.1, 0.15) is 24.8 Å². The Morgan fingerprint density at radius 2 is 1.94 bits per heavy atom. The maximum atomic E-state index is 10.2. The number of benzene rings is 1. The summed E-state index contributed by atoms with van der Waals surface area (Å²) in [6, 6.07) is 1.53. The zero-order valence-electron chi connectivity index (χ0n) is 9.20. The average Bonchev–Trinajstić information content (AvgIpc) is 3.05. The monoisotopic (exact) mass is 256 g/mol. The molecule has 0 saturated heterocycles. The number of ether oxygens (including phenoxy) is 2. The normalized spacial score (nSPS) is 20.8. The lowest BCUT2D eigenvalue weighted by Crippen LogP contribution is -2.09. The van der Waals surface area contributed by atoms with Crippen molar-refractivity contribution in [3.63, 3.8) is 0 Å². The summed E-state index contributed by atoms with van der Waals surface area (Å²) in [5.41, 5.74) is -0.630. The molecule has 1 aliphatic carbocycles. The Balaban J connectivity index is 2.20. The first-order valence-electron chi connectivity index (χ1n) is 5.66. The van der Waals surface area contributed by atoms with Crippen molar-refractivity contribution in [2.45, 2.75) is 24.9 Å². The number of hydrogen-bond donors (Lipinski definition) is 2. The zero-order valence-corrected chi connectivity index (χ0v) is 9.96. The van der Waals surface area contributed by atoms with E-state index in [1.54, 1.807) is 0 Å². The Morgan fingerprint density at radius 1 is 1.24 bits per heavy atom. The van der Waals surface area contributed by atoms with Crippen LogP contribution < -0.4 is 9.47 Å². The predicted molar refractivity (Wildman–Crippen MR) is 61.9 cm³/mol. The van der Waals surface area contributed by atoms with Crippen LogP contribution in [-0.2, 0) is 5.60 Å². The number of rotatable bonds is 1. The van der Waals surface area contributed by atoms with Gasteiger partial charge in [-0.3, -0.25) is 0 Å². The summed E-state index contributed by atoms with van der Waals surface area (Å²) in [4.78, 5) is 0. The maximum absolute atomic E-state index is 10.2. The summed E-state index contributed by atoms with van der Waals surface area (Å²) in [6.45, 7) is 1.06. The van der Waals surface area contributed by atoms with Gasteiger partial charge in [0.1, 0.15) is 5.75 Å². The van der Waals surface area contributed by atoms with Crippen molar-refractivity contribution < 1.29 is 19.7 Å². The number of aromatic hydroxyl groups is 1. The lowest BCUT2D eigenvalue weighted by atomic mass is 10.0. The lowest BCUT2D eigenvalue weighted by Gasteiger charge is -2.18. The number of phenolic OH excluding ortho intramolecular Hbond substituents is 1. The average molecular weight is 257 g/mol. The Bertz CT molecular complexity index is 468. The fourth-order valence-corrected chi connectivity index (χ4v) is 2.26. The van der Waals surface area contributed by atoms with E-state index in [-0.39, 0.29) is 10.8 Å². The fourth-order valence-electron chi connectivity index (χ4n) is 2.07. The highest BCUT2D eigenvalue weighted by Gasteiger charge is 2.48. The van der Waals surface area contributed by atoms with Crippen LogP contribution in [0.15, 0.2) is 6.07 Å². The van der Waals surface area contributed by atoms with E-state index in [1.165, 1.54) is 6.07 Å². The van der Waals surface area contributed by atoms with Gasteiger partial charge < -0.3 is 19.7 Å². The SMILES string of the molecule is Oc1c(Cl)cc2c(c1C1(O)CC1)OCCCO2. The summed E-state index contributed by atoms with van der Waals surface area (Å²) < 4.78 is 11.1. The van der Waals surface area contributed by atoms with E-state index in [2.05, 4.69) is 0 Å². The Kier molecular flexibility index (Phi) is 2.38. The van der Waals surface area contributed by atoms with Gasteiger partial charge in [-0.1, -0.05) is 11.6 Å².